The van der Waals surface area contributed by atoms with Crippen LogP contribution < -0.4 is 9.46 Å². The summed E-state index contributed by atoms with van der Waals surface area (Å²) in [4.78, 5) is 0.188. The zero-order chi connectivity index (χ0) is 20.3. The molecular formula is C19H16FN5O3S. The molecule has 4 rings (SSSR count). The number of hydrogen-bond acceptors (Lipinski definition) is 6. The van der Waals surface area contributed by atoms with Crippen molar-refractivity contribution in [1.82, 2.24) is 24.5 Å². The Balaban J connectivity index is 1.44. The summed E-state index contributed by atoms with van der Waals surface area (Å²) in [6.45, 7) is 0.155. The molecule has 0 spiro atoms. The van der Waals surface area contributed by atoms with Gasteiger partial charge in [-0.1, -0.05) is 18.2 Å². The number of sulfonamides is 1. The van der Waals surface area contributed by atoms with Gasteiger partial charge in [0.05, 0.1) is 4.90 Å². The van der Waals surface area contributed by atoms with Crippen molar-refractivity contribution in [2.45, 2.75) is 4.90 Å². The van der Waals surface area contributed by atoms with Crippen LogP contribution >= 0.6 is 0 Å². The van der Waals surface area contributed by atoms with E-state index in [-0.39, 0.29) is 29.7 Å². The lowest BCUT2D eigenvalue weighted by Crippen LogP contribution is -2.28. The first kappa shape index (κ1) is 19.0. The van der Waals surface area contributed by atoms with Crippen LogP contribution in [0.1, 0.15) is 0 Å². The molecule has 0 aliphatic rings. The third-order valence-electron chi connectivity index (χ3n) is 4.04. The lowest BCUT2D eigenvalue weighted by atomic mass is 10.2. The van der Waals surface area contributed by atoms with Crippen molar-refractivity contribution in [1.29, 1.82) is 0 Å². The monoisotopic (exact) mass is 413 g/mol. The number of ether oxygens (including phenoxy) is 1. The van der Waals surface area contributed by atoms with Crippen LogP contribution in [0, 0.1) is 5.82 Å². The highest BCUT2D eigenvalue weighted by atomic mass is 32.2. The highest BCUT2D eigenvalue weighted by Gasteiger charge is 2.13. The van der Waals surface area contributed by atoms with E-state index < -0.39 is 10.0 Å². The SMILES string of the molecule is O=S(=O)(NCCOc1ccc2nnc(-c3ccc(F)cc3)n2n1)c1ccccc1. The number of nitrogens with zero attached hydrogens (tertiary/aromatic N) is 4. The highest BCUT2D eigenvalue weighted by molar-refractivity contribution is 7.89. The zero-order valence-corrected chi connectivity index (χ0v) is 15.9. The lowest BCUT2D eigenvalue weighted by Gasteiger charge is -2.08. The molecule has 0 aliphatic carbocycles. The second-order valence-corrected chi connectivity index (χ2v) is 7.80. The van der Waals surface area contributed by atoms with Gasteiger partial charge in [-0.3, -0.25) is 0 Å². The molecule has 10 heteroatoms. The van der Waals surface area contributed by atoms with Crippen LogP contribution in [0.5, 0.6) is 5.88 Å². The second kappa shape index (κ2) is 7.94. The Morgan fingerprint density at radius 1 is 0.966 bits per heavy atom. The molecule has 29 heavy (non-hydrogen) atoms. The van der Waals surface area contributed by atoms with Gasteiger partial charge in [0.2, 0.25) is 15.9 Å². The molecule has 0 radical (unpaired) electrons. The molecule has 2 aromatic carbocycles. The molecule has 0 saturated heterocycles. The maximum Gasteiger partial charge on any atom is 0.240 e. The number of hydrogen-bond donors (Lipinski definition) is 1. The zero-order valence-electron chi connectivity index (χ0n) is 15.1. The van der Waals surface area contributed by atoms with Crippen molar-refractivity contribution in [2.75, 3.05) is 13.2 Å². The third-order valence-corrected chi connectivity index (χ3v) is 5.52. The van der Waals surface area contributed by atoms with Crippen molar-refractivity contribution >= 4 is 15.7 Å². The Labute approximate surface area is 166 Å². The minimum atomic E-state index is -3.59. The van der Waals surface area contributed by atoms with Crippen molar-refractivity contribution in [2.24, 2.45) is 0 Å². The van der Waals surface area contributed by atoms with Crippen LogP contribution in [0.4, 0.5) is 4.39 Å². The number of nitrogens with one attached hydrogen (secondary N) is 1. The van der Waals surface area contributed by atoms with Gasteiger partial charge in [-0.05, 0) is 42.5 Å². The van der Waals surface area contributed by atoms with Crippen LogP contribution in [0.2, 0.25) is 0 Å². The Hall–Kier alpha value is -3.37. The highest BCUT2D eigenvalue weighted by Crippen LogP contribution is 2.19. The average molecular weight is 413 g/mol. The van der Waals surface area contributed by atoms with Crippen LogP contribution in [-0.2, 0) is 10.0 Å². The normalized spacial score (nSPS) is 11.6. The van der Waals surface area contributed by atoms with E-state index in [9.17, 15) is 12.8 Å². The van der Waals surface area contributed by atoms with Crippen LogP contribution in [0.25, 0.3) is 17.0 Å². The topological polar surface area (TPSA) is 98.5 Å². The fourth-order valence-electron chi connectivity index (χ4n) is 2.64. The van der Waals surface area contributed by atoms with E-state index in [0.29, 0.717) is 17.0 Å². The summed E-state index contributed by atoms with van der Waals surface area (Å²) in [5.41, 5.74) is 1.15. The molecule has 1 N–H and O–H groups in total. The fraction of sp³-hybridized carbons (Fsp3) is 0.105. The Morgan fingerprint density at radius 3 is 2.48 bits per heavy atom. The van der Waals surface area contributed by atoms with Crippen molar-refractivity contribution in [3.63, 3.8) is 0 Å². The van der Waals surface area contributed by atoms with Gasteiger partial charge in [0.25, 0.3) is 0 Å². The Morgan fingerprint density at radius 2 is 1.72 bits per heavy atom. The molecule has 0 aliphatic heterocycles. The summed E-state index contributed by atoms with van der Waals surface area (Å²) in [5, 5.41) is 12.4. The quantitative estimate of drug-likeness (QED) is 0.467. The molecule has 0 atom stereocenters. The second-order valence-electron chi connectivity index (χ2n) is 6.03. The van der Waals surface area contributed by atoms with Crippen LogP contribution in [0.15, 0.2) is 71.6 Å². The smallest absolute Gasteiger partial charge is 0.240 e. The maximum atomic E-state index is 13.1. The van der Waals surface area contributed by atoms with E-state index in [4.69, 9.17) is 4.74 Å². The molecule has 148 valence electrons. The van der Waals surface area contributed by atoms with Gasteiger partial charge < -0.3 is 4.74 Å². The molecule has 0 saturated carbocycles. The average Bonchev–Trinajstić information content (AvgIpc) is 3.16. The molecule has 0 fully saturated rings. The first-order valence-corrected chi connectivity index (χ1v) is 10.2. The fourth-order valence-corrected chi connectivity index (χ4v) is 3.68. The van der Waals surface area contributed by atoms with Crippen molar-refractivity contribution < 1.29 is 17.5 Å². The van der Waals surface area contributed by atoms with Gasteiger partial charge in [-0.2, -0.15) is 4.52 Å². The minimum absolute atomic E-state index is 0.0734. The summed E-state index contributed by atoms with van der Waals surface area (Å²) in [7, 11) is -3.59. The van der Waals surface area contributed by atoms with Crippen molar-refractivity contribution in [3.8, 4) is 17.3 Å². The Bertz CT molecular complexity index is 1230. The van der Waals surface area contributed by atoms with E-state index in [1.165, 1.54) is 28.8 Å². The predicted octanol–water partition coefficient (Wildman–Crippen LogP) is 2.29. The molecule has 2 aromatic heterocycles. The molecule has 8 nitrogen and oxygen atoms in total. The molecule has 0 unspecified atom stereocenters. The lowest BCUT2D eigenvalue weighted by molar-refractivity contribution is 0.306. The molecule has 0 amide bonds. The standard InChI is InChI=1S/C19H16FN5O3S/c20-15-8-6-14(7-9-15)19-23-22-17-10-11-18(24-25(17)19)28-13-12-21-29(26,27)16-4-2-1-3-5-16/h1-11,21H,12-13H2. The maximum absolute atomic E-state index is 13.1. The van der Waals surface area contributed by atoms with E-state index in [0.717, 1.165) is 0 Å². The minimum Gasteiger partial charge on any atom is -0.475 e. The first-order chi connectivity index (χ1) is 14.0. The van der Waals surface area contributed by atoms with Gasteiger partial charge in [-0.25, -0.2) is 17.5 Å². The van der Waals surface area contributed by atoms with E-state index in [2.05, 4.69) is 20.0 Å². The number of benzene rings is 2. The van der Waals surface area contributed by atoms with Crippen LogP contribution in [-0.4, -0.2) is 41.4 Å². The van der Waals surface area contributed by atoms with Crippen LogP contribution in [0.3, 0.4) is 0 Å². The number of rotatable bonds is 7. The van der Waals surface area contributed by atoms with Gasteiger partial charge in [0, 0.05) is 18.2 Å². The van der Waals surface area contributed by atoms with E-state index in [1.54, 1.807) is 42.5 Å². The summed E-state index contributed by atoms with van der Waals surface area (Å²) in [5.74, 6) is 0.368. The molecule has 4 aromatic rings. The summed E-state index contributed by atoms with van der Waals surface area (Å²) in [6.07, 6.45) is 0. The molecule has 0 bridgehead atoms. The van der Waals surface area contributed by atoms with Gasteiger partial charge in [-0.15, -0.1) is 15.3 Å². The van der Waals surface area contributed by atoms with E-state index in [1.807, 2.05) is 0 Å². The first-order valence-electron chi connectivity index (χ1n) is 8.69. The Kier molecular flexibility index (Phi) is 5.19. The predicted molar refractivity (Wildman–Crippen MR) is 103 cm³/mol. The summed E-state index contributed by atoms with van der Waals surface area (Å²) >= 11 is 0. The van der Waals surface area contributed by atoms with Crippen molar-refractivity contribution in [3.05, 3.63) is 72.5 Å². The number of fused-ring (bicyclic) bond motifs is 1. The summed E-state index contributed by atoms with van der Waals surface area (Å²) < 4.78 is 47.0. The summed E-state index contributed by atoms with van der Waals surface area (Å²) in [6, 6.07) is 17.2. The van der Waals surface area contributed by atoms with E-state index >= 15 is 0 Å². The van der Waals surface area contributed by atoms with Gasteiger partial charge in [0.1, 0.15) is 12.4 Å². The molecular weight excluding hydrogens is 397 g/mol. The number of aromatic nitrogens is 4. The largest absolute Gasteiger partial charge is 0.475 e. The van der Waals surface area contributed by atoms with Gasteiger partial charge >= 0.3 is 0 Å². The molecule has 2 heterocycles. The number of halogens is 1. The third kappa shape index (κ3) is 4.23. The van der Waals surface area contributed by atoms with Gasteiger partial charge in [0.15, 0.2) is 11.5 Å².